The van der Waals surface area contributed by atoms with Crippen molar-refractivity contribution in [1.82, 2.24) is 10.2 Å². The second-order valence-corrected chi connectivity index (χ2v) is 7.72. The van der Waals surface area contributed by atoms with Crippen LogP contribution in [0.25, 0.3) is 0 Å². The van der Waals surface area contributed by atoms with Gasteiger partial charge in [-0.3, -0.25) is 14.9 Å². The molecule has 2 amide bonds. The number of rotatable bonds is 7. The molecular weight excluding hydrogens is 346 g/mol. The monoisotopic (exact) mass is 375 g/mol. The average molecular weight is 375 g/mol. The molecule has 0 bridgehead atoms. The van der Waals surface area contributed by atoms with E-state index in [9.17, 15) is 14.7 Å². The minimum atomic E-state index is -1.51. The number of hydrogen-bond acceptors (Lipinski definition) is 5. The summed E-state index contributed by atoms with van der Waals surface area (Å²) in [5.41, 5.74) is 4.23. The van der Waals surface area contributed by atoms with E-state index in [1.165, 1.54) is 0 Å². The van der Waals surface area contributed by atoms with Crippen molar-refractivity contribution in [3.8, 4) is 5.75 Å². The number of piperidine rings is 1. The van der Waals surface area contributed by atoms with E-state index < -0.39 is 17.0 Å². The van der Waals surface area contributed by atoms with Crippen LogP contribution in [0.15, 0.2) is 24.3 Å². The summed E-state index contributed by atoms with van der Waals surface area (Å²) < 4.78 is 5.23. The largest absolute Gasteiger partial charge is 0.497 e. The molecular formula is C20H29N3O4. The molecule has 4 N–H and O–H groups in total. The van der Waals surface area contributed by atoms with Crippen molar-refractivity contribution in [2.45, 2.75) is 56.2 Å². The van der Waals surface area contributed by atoms with Crippen LogP contribution in [0, 0.1) is 0 Å². The van der Waals surface area contributed by atoms with E-state index in [0.717, 1.165) is 24.2 Å². The average Bonchev–Trinajstić information content (AvgIpc) is 3.15. The predicted octanol–water partition coefficient (Wildman–Crippen LogP) is 0.936. The van der Waals surface area contributed by atoms with Gasteiger partial charge in [-0.05, 0) is 43.4 Å². The van der Waals surface area contributed by atoms with Crippen molar-refractivity contribution in [3.05, 3.63) is 29.8 Å². The van der Waals surface area contributed by atoms with Crippen LogP contribution < -0.4 is 15.8 Å². The van der Waals surface area contributed by atoms with Crippen molar-refractivity contribution >= 4 is 11.8 Å². The summed E-state index contributed by atoms with van der Waals surface area (Å²) >= 11 is 0. The van der Waals surface area contributed by atoms with Crippen LogP contribution in [-0.2, 0) is 16.1 Å². The second kappa shape index (κ2) is 7.86. The Bertz CT molecular complexity index is 702. The Morgan fingerprint density at radius 2 is 2.04 bits per heavy atom. The van der Waals surface area contributed by atoms with Crippen LogP contribution in [0.3, 0.4) is 0 Å². The lowest BCUT2D eigenvalue weighted by molar-refractivity contribution is -0.158. The first-order chi connectivity index (χ1) is 12.9. The van der Waals surface area contributed by atoms with E-state index in [1.807, 2.05) is 24.3 Å². The molecule has 1 saturated heterocycles. The van der Waals surface area contributed by atoms with Crippen LogP contribution in [0.2, 0.25) is 0 Å². The number of nitrogens with one attached hydrogen (secondary N) is 1. The number of hydrogen-bond donors (Lipinski definition) is 3. The lowest BCUT2D eigenvalue weighted by atomic mass is 9.88. The normalized spacial score (nSPS) is 24.8. The molecule has 1 saturated carbocycles. The first-order valence-electron chi connectivity index (χ1n) is 9.58. The topological polar surface area (TPSA) is 105 Å². The summed E-state index contributed by atoms with van der Waals surface area (Å²) in [5, 5.41) is 14.2. The van der Waals surface area contributed by atoms with Gasteiger partial charge >= 0.3 is 0 Å². The maximum atomic E-state index is 13.0. The third-order valence-electron chi connectivity index (χ3n) is 5.86. The molecule has 148 valence electrons. The molecule has 1 aromatic rings. The first-order valence-corrected chi connectivity index (χ1v) is 9.58. The van der Waals surface area contributed by atoms with Gasteiger partial charge in [0, 0.05) is 19.6 Å². The zero-order valence-corrected chi connectivity index (χ0v) is 15.9. The third-order valence-corrected chi connectivity index (χ3v) is 5.86. The summed E-state index contributed by atoms with van der Waals surface area (Å²) in [6, 6.07) is 7.56. The number of likely N-dealkylation sites (tertiary alicyclic amines) is 1. The maximum Gasteiger partial charge on any atom is 0.256 e. The summed E-state index contributed by atoms with van der Waals surface area (Å²) in [7, 11) is 1.60. The molecule has 3 rings (SSSR count). The van der Waals surface area contributed by atoms with Gasteiger partial charge < -0.3 is 20.5 Å². The van der Waals surface area contributed by atoms with Crippen LogP contribution in [0.1, 0.15) is 44.1 Å². The summed E-state index contributed by atoms with van der Waals surface area (Å²) in [5.74, 6) is 0.0281. The number of benzene rings is 1. The Balaban J connectivity index is 1.68. The van der Waals surface area contributed by atoms with Crippen LogP contribution >= 0.6 is 0 Å². The SMILES string of the molecule is COc1cccc(CN2CCCC(O)(CNC3(C(N)=O)CCCC3)C2=O)c1. The number of ether oxygens (including phenoxy) is 1. The van der Waals surface area contributed by atoms with Gasteiger partial charge in [0.1, 0.15) is 5.75 Å². The Morgan fingerprint density at radius 3 is 2.70 bits per heavy atom. The van der Waals surface area contributed by atoms with E-state index in [-0.39, 0.29) is 12.5 Å². The molecule has 1 unspecified atom stereocenters. The summed E-state index contributed by atoms with van der Waals surface area (Å²) in [6.45, 7) is 1.06. The molecule has 2 aliphatic rings. The van der Waals surface area contributed by atoms with Gasteiger partial charge in [0.05, 0.1) is 12.6 Å². The minimum absolute atomic E-state index is 0.0450. The highest BCUT2D eigenvalue weighted by molar-refractivity contribution is 5.87. The number of nitrogens with two attached hydrogens (primary N) is 1. The summed E-state index contributed by atoms with van der Waals surface area (Å²) in [6.07, 6.45) is 4.23. The highest BCUT2D eigenvalue weighted by Crippen LogP contribution is 2.31. The van der Waals surface area contributed by atoms with Crippen LogP contribution in [-0.4, -0.2) is 53.2 Å². The Hall–Kier alpha value is -2.12. The van der Waals surface area contributed by atoms with E-state index in [0.29, 0.717) is 38.8 Å². The number of β-amino-alcohol motifs (C(OH)–C–C–N with tert-alkyl or cyclic N) is 1. The van der Waals surface area contributed by atoms with E-state index in [1.54, 1.807) is 12.0 Å². The third kappa shape index (κ3) is 4.09. The second-order valence-electron chi connectivity index (χ2n) is 7.72. The Morgan fingerprint density at radius 1 is 1.30 bits per heavy atom. The van der Waals surface area contributed by atoms with Crippen molar-refractivity contribution < 1.29 is 19.4 Å². The van der Waals surface area contributed by atoms with Crippen LogP contribution in [0.5, 0.6) is 5.75 Å². The van der Waals surface area contributed by atoms with Gasteiger partial charge in [-0.1, -0.05) is 25.0 Å². The molecule has 2 fully saturated rings. The number of amides is 2. The fourth-order valence-electron chi connectivity index (χ4n) is 4.18. The van der Waals surface area contributed by atoms with E-state index in [4.69, 9.17) is 10.5 Å². The molecule has 0 aromatic heterocycles. The number of carbonyl (C=O) groups is 2. The van der Waals surface area contributed by atoms with E-state index in [2.05, 4.69) is 5.32 Å². The number of primary amides is 1. The Kier molecular flexibility index (Phi) is 5.72. The highest BCUT2D eigenvalue weighted by Gasteiger charge is 2.46. The molecule has 1 aliphatic carbocycles. The molecule has 1 aromatic carbocycles. The van der Waals surface area contributed by atoms with Crippen molar-refractivity contribution in [3.63, 3.8) is 0 Å². The lowest BCUT2D eigenvalue weighted by Crippen LogP contribution is -2.63. The predicted molar refractivity (Wildman–Crippen MR) is 101 cm³/mol. The molecule has 1 aliphatic heterocycles. The number of nitrogens with zero attached hydrogens (tertiary/aromatic N) is 1. The molecule has 7 heteroatoms. The fraction of sp³-hybridized carbons (Fsp3) is 0.600. The zero-order valence-electron chi connectivity index (χ0n) is 15.9. The molecule has 7 nitrogen and oxygen atoms in total. The quantitative estimate of drug-likeness (QED) is 0.658. The standard InChI is InChI=1S/C20H29N3O4/c1-27-16-7-4-6-15(12-16)13-23-11-5-10-20(26,18(23)25)14-22-19(17(21)24)8-2-3-9-19/h4,6-7,12,22,26H,2-3,5,8-11,13-14H2,1H3,(H2,21,24). The first kappa shape index (κ1) is 19.6. The van der Waals surface area contributed by atoms with Gasteiger partial charge in [-0.25, -0.2) is 0 Å². The fourth-order valence-corrected chi connectivity index (χ4v) is 4.18. The van der Waals surface area contributed by atoms with Crippen molar-refractivity contribution in [2.24, 2.45) is 5.73 Å². The molecule has 27 heavy (non-hydrogen) atoms. The number of methoxy groups -OCH3 is 1. The van der Waals surface area contributed by atoms with E-state index >= 15 is 0 Å². The Labute approximate surface area is 159 Å². The van der Waals surface area contributed by atoms with Gasteiger partial charge in [-0.2, -0.15) is 0 Å². The molecule has 0 radical (unpaired) electrons. The van der Waals surface area contributed by atoms with Crippen LogP contribution in [0.4, 0.5) is 0 Å². The lowest BCUT2D eigenvalue weighted by Gasteiger charge is -2.40. The molecule has 1 heterocycles. The number of aliphatic hydroxyl groups is 1. The van der Waals surface area contributed by atoms with Gasteiger partial charge in [-0.15, -0.1) is 0 Å². The van der Waals surface area contributed by atoms with Crippen molar-refractivity contribution in [2.75, 3.05) is 20.2 Å². The minimum Gasteiger partial charge on any atom is -0.497 e. The van der Waals surface area contributed by atoms with Crippen molar-refractivity contribution in [1.29, 1.82) is 0 Å². The zero-order chi connectivity index (χ0) is 19.5. The maximum absolute atomic E-state index is 13.0. The molecule has 1 atom stereocenters. The molecule has 0 spiro atoms. The number of carbonyl (C=O) groups excluding carboxylic acids is 2. The van der Waals surface area contributed by atoms with Gasteiger partial charge in [0.2, 0.25) is 5.91 Å². The highest BCUT2D eigenvalue weighted by atomic mass is 16.5. The van der Waals surface area contributed by atoms with Gasteiger partial charge in [0.15, 0.2) is 5.60 Å². The van der Waals surface area contributed by atoms with Gasteiger partial charge in [0.25, 0.3) is 5.91 Å². The summed E-state index contributed by atoms with van der Waals surface area (Å²) in [4.78, 5) is 26.6. The smallest absolute Gasteiger partial charge is 0.256 e.